The summed E-state index contributed by atoms with van der Waals surface area (Å²) in [4.78, 5) is 43.1. The van der Waals surface area contributed by atoms with Gasteiger partial charge in [-0.3, -0.25) is 18.8 Å². The molecule has 7 nitrogen and oxygen atoms in total. The number of fused-ring (bicyclic) bond motifs is 1. The Kier molecular flexibility index (Phi) is 4.68. The Hall–Kier alpha value is -2.70. The Morgan fingerprint density at radius 1 is 1.26 bits per heavy atom. The molecule has 2 aromatic heterocycles. The summed E-state index contributed by atoms with van der Waals surface area (Å²) in [6.45, 7) is 2.28. The van der Waals surface area contributed by atoms with Gasteiger partial charge in [-0.15, -0.1) is 0 Å². The SMILES string of the molecule is Cc1ccc2nc(COC(=O)[C@@H]3CC(=O)N(C4CCCC4)C3)cc(=O)n2c1. The van der Waals surface area contributed by atoms with Crippen LogP contribution in [0.5, 0.6) is 0 Å². The number of aryl methyl sites for hydroxylation is 1. The molecule has 2 fully saturated rings. The van der Waals surface area contributed by atoms with E-state index in [9.17, 15) is 14.4 Å². The van der Waals surface area contributed by atoms with Gasteiger partial charge in [-0.25, -0.2) is 4.98 Å². The number of hydrogen-bond donors (Lipinski definition) is 0. The van der Waals surface area contributed by atoms with Crippen molar-refractivity contribution >= 4 is 17.5 Å². The lowest BCUT2D eigenvalue weighted by atomic mass is 10.1. The molecule has 27 heavy (non-hydrogen) atoms. The molecule has 0 bridgehead atoms. The normalized spacial score (nSPS) is 20.6. The van der Waals surface area contributed by atoms with Gasteiger partial charge in [0.1, 0.15) is 12.3 Å². The molecule has 1 atom stereocenters. The van der Waals surface area contributed by atoms with Crippen LogP contribution >= 0.6 is 0 Å². The molecule has 142 valence electrons. The number of likely N-dealkylation sites (tertiary alicyclic amines) is 1. The predicted molar refractivity (Wildman–Crippen MR) is 98.1 cm³/mol. The molecule has 1 aliphatic carbocycles. The number of carbonyl (C=O) groups excluding carboxylic acids is 2. The average Bonchev–Trinajstić information content (AvgIpc) is 3.29. The van der Waals surface area contributed by atoms with Crippen LogP contribution in [0, 0.1) is 12.8 Å². The second kappa shape index (κ2) is 7.13. The van der Waals surface area contributed by atoms with Gasteiger partial charge in [0.15, 0.2) is 0 Å². The lowest BCUT2D eigenvalue weighted by Crippen LogP contribution is -2.35. The molecule has 1 amide bonds. The molecule has 0 unspecified atom stereocenters. The van der Waals surface area contributed by atoms with Gasteiger partial charge in [-0.1, -0.05) is 18.9 Å². The third kappa shape index (κ3) is 3.59. The average molecular weight is 369 g/mol. The lowest BCUT2D eigenvalue weighted by Gasteiger charge is -2.23. The molecular weight excluding hydrogens is 346 g/mol. The fraction of sp³-hybridized carbons (Fsp3) is 0.500. The van der Waals surface area contributed by atoms with Crippen molar-refractivity contribution in [2.45, 2.75) is 51.7 Å². The van der Waals surface area contributed by atoms with E-state index in [0.29, 0.717) is 17.9 Å². The summed E-state index contributed by atoms with van der Waals surface area (Å²) in [6.07, 6.45) is 6.28. The number of carbonyl (C=O) groups is 2. The zero-order valence-corrected chi connectivity index (χ0v) is 15.4. The Labute approximate surface area is 157 Å². The molecule has 1 aliphatic heterocycles. The minimum absolute atomic E-state index is 0.0429. The van der Waals surface area contributed by atoms with Crippen LogP contribution in [0.15, 0.2) is 29.2 Å². The lowest BCUT2D eigenvalue weighted by molar-refractivity contribution is -0.149. The van der Waals surface area contributed by atoms with Crippen molar-refractivity contribution in [3.63, 3.8) is 0 Å². The van der Waals surface area contributed by atoms with E-state index in [4.69, 9.17) is 4.74 Å². The van der Waals surface area contributed by atoms with E-state index in [2.05, 4.69) is 4.98 Å². The fourth-order valence-electron chi connectivity index (χ4n) is 4.05. The van der Waals surface area contributed by atoms with Gasteiger partial charge in [0.2, 0.25) is 5.91 Å². The first-order valence-electron chi connectivity index (χ1n) is 9.46. The minimum atomic E-state index is -0.428. The predicted octanol–water partition coefficient (Wildman–Crippen LogP) is 1.84. The number of nitrogens with zero attached hydrogens (tertiary/aromatic N) is 3. The van der Waals surface area contributed by atoms with E-state index in [1.165, 1.54) is 10.5 Å². The first kappa shape index (κ1) is 17.7. The van der Waals surface area contributed by atoms with E-state index in [1.54, 1.807) is 12.3 Å². The number of rotatable bonds is 4. The van der Waals surface area contributed by atoms with Crippen LogP contribution in [-0.2, 0) is 20.9 Å². The summed E-state index contributed by atoms with van der Waals surface area (Å²) in [6, 6.07) is 5.29. The third-order valence-electron chi connectivity index (χ3n) is 5.48. The smallest absolute Gasteiger partial charge is 0.311 e. The van der Waals surface area contributed by atoms with Crippen LogP contribution in [0.4, 0.5) is 0 Å². The monoisotopic (exact) mass is 369 g/mol. The van der Waals surface area contributed by atoms with Gasteiger partial charge in [0, 0.05) is 31.3 Å². The largest absolute Gasteiger partial charge is 0.459 e. The molecule has 1 saturated heterocycles. The van der Waals surface area contributed by atoms with Gasteiger partial charge in [0.25, 0.3) is 5.56 Å². The van der Waals surface area contributed by atoms with E-state index >= 15 is 0 Å². The van der Waals surface area contributed by atoms with Crippen molar-refractivity contribution in [1.82, 2.24) is 14.3 Å². The molecule has 2 aliphatic rings. The Morgan fingerprint density at radius 3 is 2.81 bits per heavy atom. The van der Waals surface area contributed by atoms with E-state index in [1.807, 2.05) is 17.9 Å². The molecule has 0 N–H and O–H groups in total. The van der Waals surface area contributed by atoms with Gasteiger partial charge in [-0.05, 0) is 31.4 Å². The van der Waals surface area contributed by atoms with Gasteiger partial charge in [0.05, 0.1) is 11.6 Å². The molecule has 1 saturated carbocycles. The number of pyridine rings is 1. The Bertz CT molecular complexity index is 946. The summed E-state index contributed by atoms with van der Waals surface area (Å²) >= 11 is 0. The van der Waals surface area contributed by atoms with Gasteiger partial charge >= 0.3 is 5.97 Å². The summed E-state index contributed by atoms with van der Waals surface area (Å²) in [5.41, 5.74) is 1.68. The molecule has 0 aromatic carbocycles. The summed E-state index contributed by atoms with van der Waals surface area (Å²) in [5.74, 6) is -0.779. The number of esters is 1. The van der Waals surface area contributed by atoms with Gasteiger partial charge < -0.3 is 9.64 Å². The van der Waals surface area contributed by atoms with Crippen LogP contribution in [-0.4, -0.2) is 38.7 Å². The standard InChI is InChI=1S/C20H23N3O4/c1-13-6-7-17-21-15(9-19(25)23(17)10-13)12-27-20(26)14-8-18(24)22(11-14)16-4-2-3-5-16/h6-7,9-10,14,16H,2-5,8,11-12H2,1H3/t14-/m1/s1. The molecule has 0 spiro atoms. The number of amides is 1. The van der Waals surface area contributed by atoms with Crippen LogP contribution < -0.4 is 5.56 Å². The molecule has 3 heterocycles. The first-order chi connectivity index (χ1) is 13.0. The molecule has 2 aromatic rings. The van der Waals surface area contributed by atoms with Crippen LogP contribution in [0.3, 0.4) is 0 Å². The number of aromatic nitrogens is 2. The topological polar surface area (TPSA) is 81.0 Å². The molecular formula is C20H23N3O4. The van der Waals surface area contributed by atoms with Gasteiger partial charge in [-0.2, -0.15) is 0 Å². The Morgan fingerprint density at radius 2 is 2.04 bits per heavy atom. The summed E-state index contributed by atoms with van der Waals surface area (Å²) in [5, 5.41) is 0. The second-order valence-corrected chi connectivity index (χ2v) is 7.51. The van der Waals surface area contributed by atoms with E-state index < -0.39 is 11.9 Å². The van der Waals surface area contributed by atoms with Crippen molar-refractivity contribution in [3.8, 4) is 0 Å². The number of hydrogen-bond acceptors (Lipinski definition) is 5. The summed E-state index contributed by atoms with van der Waals surface area (Å²) in [7, 11) is 0. The maximum atomic E-state index is 12.4. The molecule has 0 radical (unpaired) electrons. The van der Waals surface area contributed by atoms with E-state index in [-0.39, 0.29) is 30.5 Å². The van der Waals surface area contributed by atoms with Crippen molar-refractivity contribution < 1.29 is 14.3 Å². The van der Waals surface area contributed by atoms with Crippen molar-refractivity contribution in [3.05, 3.63) is 46.0 Å². The minimum Gasteiger partial charge on any atom is -0.459 e. The maximum Gasteiger partial charge on any atom is 0.311 e. The highest BCUT2D eigenvalue weighted by Gasteiger charge is 2.39. The molecule has 7 heteroatoms. The zero-order valence-electron chi connectivity index (χ0n) is 15.4. The fourth-order valence-corrected chi connectivity index (χ4v) is 4.05. The maximum absolute atomic E-state index is 12.4. The van der Waals surface area contributed by atoms with Crippen LogP contribution in [0.2, 0.25) is 0 Å². The highest BCUT2D eigenvalue weighted by molar-refractivity contribution is 5.87. The highest BCUT2D eigenvalue weighted by Crippen LogP contribution is 2.30. The van der Waals surface area contributed by atoms with Crippen LogP contribution in [0.1, 0.15) is 43.4 Å². The van der Waals surface area contributed by atoms with Crippen molar-refractivity contribution in [1.29, 1.82) is 0 Å². The Balaban J connectivity index is 1.41. The number of ether oxygens (including phenoxy) is 1. The van der Waals surface area contributed by atoms with Crippen molar-refractivity contribution in [2.75, 3.05) is 6.54 Å². The second-order valence-electron chi connectivity index (χ2n) is 7.51. The molecule has 4 rings (SSSR count). The quantitative estimate of drug-likeness (QED) is 0.768. The first-order valence-corrected chi connectivity index (χ1v) is 9.46. The summed E-state index contributed by atoms with van der Waals surface area (Å²) < 4.78 is 6.84. The highest BCUT2D eigenvalue weighted by atomic mass is 16.5. The van der Waals surface area contributed by atoms with Crippen LogP contribution in [0.25, 0.3) is 5.65 Å². The van der Waals surface area contributed by atoms with E-state index in [0.717, 1.165) is 31.2 Å². The van der Waals surface area contributed by atoms with Crippen molar-refractivity contribution in [2.24, 2.45) is 5.92 Å². The third-order valence-corrected chi connectivity index (χ3v) is 5.48. The zero-order chi connectivity index (χ0) is 19.0.